The number of aliphatic imine (C=N–C) groups is 1. The second-order valence-electron chi connectivity index (χ2n) is 7.26. The Morgan fingerprint density at radius 2 is 2.10 bits per heavy atom. The Hall–Kier alpha value is -3.10. The predicted molar refractivity (Wildman–Crippen MR) is 112 cm³/mol. The van der Waals surface area contributed by atoms with Crippen LogP contribution in [0.15, 0.2) is 53.5 Å². The number of ether oxygens (including phenoxy) is 1. The second kappa shape index (κ2) is 7.38. The Kier molecular flexibility index (Phi) is 4.57. The smallest absolute Gasteiger partial charge is 0.216 e. The molecule has 2 aromatic carbocycles. The standard InChI is InChI=1S/C21H24N6O2/c1-29-16-7-4-6-15(12-16)19-24-20-22-13-25(10-5-11-28)14-26(20)21-23-17-8-2-3-9-18(17)27(19)21/h2-4,6-9,12,19,28H,5,10-11,13-14H2,1H3,(H,22,24)/t19-/m1/s1. The maximum atomic E-state index is 9.17. The summed E-state index contributed by atoms with van der Waals surface area (Å²) in [5, 5.41) is 12.8. The number of anilines is 1. The lowest BCUT2D eigenvalue weighted by atomic mass is 10.1. The molecule has 0 radical (unpaired) electrons. The molecule has 0 saturated heterocycles. The van der Waals surface area contributed by atoms with E-state index in [0.29, 0.717) is 13.3 Å². The minimum atomic E-state index is -0.133. The van der Waals surface area contributed by atoms with Crippen LogP contribution in [0.4, 0.5) is 5.95 Å². The summed E-state index contributed by atoms with van der Waals surface area (Å²) in [4.78, 5) is 14.0. The van der Waals surface area contributed by atoms with Gasteiger partial charge < -0.3 is 15.2 Å². The number of fused-ring (bicyclic) bond motifs is 5. The van der Waals surface area contributed by atoms with Crippen molar-refractivity contribution in [2.75, 3.05) is 38.5 Å². The van der Waals surface area contributed by atoms with E-state index < -0.39 is 0 Å². The monoisotopic (exact) mass is 392 g/mol. The number of imidazole rings is 1. The molecule has 2 aliphatic rings. The fraction of sp³-hybridized carbons (Fsp3) is 0.333. The molecule has 3 heterocycles. The number of guanidine groups is 1. The van der Waals surface area contributed by atoms with Crippen molar-refractivity contribution in [3.63, 3.8) is 0 Å². The summed E-state index contributed by atoms with van der Waals surface area (Å²) < 4.78 is 7.66. The third kappa shape index (κ3) is 3.10. The molecule has 0 saturated carbocycles. The molecule has 1 atom stereocenters. The number of benzene rings is 2. The van der Waals surface area contributed by atoms with Crippen molar-refractivity contribution >= 4 is 22.9 Å². The van der Waals surface area contributed by atoms with E-state index in [1.807, 2.05) is 36.4 Å². The molecule has 8 nitrogen and oxygen atoms in total. The third-order valence-corrected chi connectivity index (χ3v) is 5.40. The largest absolute Gasteiger partial charge is 0.497 e. The first-order valence-electron chi connectivity index (χ1n) is 9.81. The number of rotatable bonds is 5. The minimum absolute atomic E-state index is 0.133. The minimum Gasteiger partial charge on any atom is -0.497 e. The van der Waals surface area contributed by atoms with Gasteiger partial charge in [0, 0.05) is 13.2 Å². The molecule has 0 spiro atoms. The van der Waals surface area contributed by atoms with Crippen LogP contribution in [0, 0.1) is 0 Å². The molecule has 0 bridgehead atoms. The van der Waals surface area contributed by atoms with Crippen LogP contribution in [0.2, 0.25) is 0 Å². The zero-order chi connectivity index (χ0) is 19.8. The SMILES string of the molecule is COc1cccc([C@@H]2NC3=NCN(CCCO)CN3c3nc4ccccc4n32)c1. The number of methoxy groups -OCH3 is 1. The van der Waals surface area contributed by atoms with E-state index in [2.05, 4.69) is 31.8 Å². The maximum Gasteiger partial charge on any atom is 0.216 e. The molecule has 2 aliphatic heterocycles. The zero-order valence-corrected chi connectivity index (χ0v) is 16.3. The van der Waals surface area contributed by atoms with Gasteiger partial charge in [-0.15, -0.1) is 0 Å². The Morgan fingerprint density at radius 3 is 2.97 bits per heavy atom. The summed E-state index contributed by atoms with van der Waals surface area (Å²) in [7, 11) is 1.68. The van der Waals surface area contributed by atoms with Crippen molar-refractivity contribution in [1.29, 1.82) is 0 Å². The normalized spacial score (nSPS) is 18.8. The Bertz CT molecular complexity index is 1060. The predicted octanol–water partition coefficient (Wildman–Crippen LogP) is 1.97. The van der Waals surface area contributed by atoms with Crippen molar-refractivity contribution < 1.29 is 9.84 Å². The van der Waals surface area contributed by atoms with E-state index in [1.165, 1.54) is 0 Å². The molecule has 2 N–H and O–H groups in total. The highest BCUT2D eigenvalue weighted by Gasteiger charge is 2.35. The lowest BCUT2D eigenvalue weighted by Crippen LogP contribution is -2.57. The first kappa shape index (κ1) is 18.0. The molecule has 150 valence electrons. The topological polar surface area (TPSA) is 78.2 Å². The highest BCUT2D eigenvalue weighted by molar-refractivity contribution is 5.98. The molecule has 3 aromatic rings. The maximum absolute atomic E-state index is 9.17. The number of hydrogen-bond acceptors (Lipinski definition) is 7. The average Bonchev–Trinajstić information content (AvgIpc) is 3.17. The van der Waals surface area contributed by atoms with Gasteiger partial charge in [0.05, 0.1) is 31.5 Å². The van der Waals surface area contributed by atoms with Gasteiger partial charge in [-0.05, 0) is 36.2 Å². The van der Waals surface area contributed by atoms with Gasteiger partial charge in [0.15, 0.2) is 0 Å². The first-order valence-corrected chi connectivity index (χ1v) is 9.81. The van der Waals surface area contributed by atoms with Gasteiger partial charge in [-0.25, -0.2) is 9.98 Å². The molecule has 0 aliphatic carbocycles. The van der Waals surface area contributed by atoms with Crippen LogP contribution >= 0.6 is 0 Å². The van der Waals surface area contributed by atoms with E-state index in [9.17, 15) is 5.11 Å². The summed E-state index contributed by atoms with van der Waals surface area (Å²) in [6.45, 7) is 2.26. The van der Waals surface area contributed by atoms with Crippen LogP contribution in [-0.2, 0) is 0 Å². The van der Waals surface area contributed by atoms with E-state index in [-0.39, 0.29) is 12.8 Å². The highest BCUT2D eigenvalue weighted by Crippen LogP contribution is 2.34. The van der Waals surface area contributed by atoms with Gasteiger partial charge in [0.25, 0.3) is 0 Å². The highest BCUT2D eigenvalue weighted by atomic mass is 16.5. The molecule has 0 amide bonds. The lowest BCUT2D eigenvalue weighted by Gasteiger charge is -2.41. The van der Waals surface area contributed by atoms with Crippen molar-refractivity contribution in [3.05, 3.63) is 54.1 Å². The number of hydrogen-bond donors (Lipinski definition) is 2. The molecule has 5 rings (SSSR count). The van der Waals surface area contributed by atoms with E-state index >= 15 is 0 Å². The van der Waals surface area contributed by atoms with Crippen LogP contribution in [0.3, 0.4) is 0 Å². The molecule has 1 aromatic heterocycles. The van der Waals surface area contributed by atoms with Crippen LogP contribution in [-0.4, -0.2) is 59.1 Å². The van der Waals surface area contributed by atoms with Crippen LogP contribution in [0.25, 0.3) is 11.0 Å². The Labute approximate surface area is 169 Å². The number of para-hydroxylation sites is 2. The van der Waals surface area contributed by atoms with Gasteiger partial charge in [0.1, 0.15) is 11.9 Å². The van der Waals surface area contributed by atoms with E-state index in [1.54, 1.807) is 7.11 Å². The van der Waals surface area contributed by atoms with Crippen molar-refractivity contribution in [3.8, 4) is 5.75 Å². The van der Waals surface area contributed by atoms with Crippen molar-refractivity contribution in [1.82, 2.24) is 19.8 Å². The summed E-state index contributed by atoms with van der Waals surface area (Å²) in [5.41, 5.74) is 3.10. The fourth-order valence-electron chi connectivity index (χ4n) is 3.99. The Balaban J connectivity index is 1.62. The Morgan fingerprint density at radius 1 is 1.21 bits per heavy atom. The average molecular weight is 392 g/mol. The summed E-state index contributed by atoms with van der Waals surface area (Å²) in [6, 6.07) is 16.3. The summed E-state index contributed by atoms with van der Waals surface area (Å²) >= 11 is 0. The van der Waals surface area contributed by atoms with Gasteiger partial charge in [-0.1, -0.05) is 24.3 Å². The molecule has 29 heavy (non-hydrogen) atoms. The number of nitrogens with zero attached hydrogens (tertiary/aromatic N) is 5. The fourth-order valence-corrected chi connectivity index (χ4v) is 3.99. The first-order chi connectivity index (χ1) is 14.3. The number of aromatic nitrogens is 2. The van der Waals surface area contributed by atoms with Crippen LogP contribution < -0.4 is 15.0 Å². The third-order valence-electron chi connectivity index (χ3n) is 5.40. The molecule has 0 unspecified atom stereocenters. The van der Waals surface area contributed by atoms with Gasteiger partial charge in [0.2, 0.25) is 11.9 Å². The molecule has 0 fully saturated rings. The van der Waals surface area contributed by atoms with E-state index in [4.69, 9.17) is 14.7 Å². The lowest BCUT2D eigenvalue weighted by molar-refractivity contribution is 0.223. The summed E-state index contributed by atoms with van der Waals surface area (Å²) in [6.07, 6.45) is 0.598. The van der Waals surface area contributed by atoms with Crippen molar-refractivity contribution in [2.24, 2.45) is 4.99 Å². The second-order valence-corrected chi connectivity index (χ2v) is 7.26. The van der Waals surface area contributed by atoms with Crippen molar-refractivity contribution in [2.45, 2.75) is 12.6 Å². The molecule has 8 heteroatoms. The number of aliphatic hydroxyl groups excluding tert-OH is 1. The van der Waals surface area contributed by atoms with Gasteiger partial charge in [-0.3, -0.25) is 14.4 Å². The number of aliphatic hydroxyl groups is 1. The number of nitrogens with one attached hydrogen (secondary N) is 1. The zero-order valence-electron chi connectivity index (χ0n) is 16.3. The quantitative estimate of drug-likeness (QED) is 0.691. The molecular weight excluding hydrogens is 368 g/mol. The van der Waals surface area contributed by atoms with E-state index in [0.717, 1.165) is 47.2 Å². The van der Waals surface area contributed by atoms with Gasteiger partial charge >= 0.3 is 0 Å². The van der Waals surface area contributed by atoms with Crippen LogP contribution in [0.1, 0.15) is 18.2 Å². The molecular formula is C21H24N6O2. The van der Waals surface area contributed by atoms with Crippen LogP contribution in [0.5, 0.6) is 5.75 Å². The van der Waals surface area contributed by atoms with Gasteiger partial charge in [-0.2, -0.15) is 0 Å². The summed E-state index contributed by atoms with van der Waals surface area (Å²) in [5.74, 6) is 2.50.